The van der Waals surface area contributed by atoms with Gasteiger partial charge in [0.05, 0.1) is 12.0 Å². The fraction of sp³-hybridized carbons (Fsp3) is 0.833. The van der Waals surface area contributed by atoms with Gasteiger partial charge in [-0.15, -0.1) is 0 Å². The van der Waals surface area contributed by atoms with Gasteiger partial charge in [0, 0.05) is 32.7 Å². The van der Waals surface area contributed by atoms with Gasteiger partial charge in [-0.1, -0.05) is 0 Å². The average Bonchev–Trinajstić information content (AvgIpc) is 2.86. The lowest BCUT2D eigenvalue weighted by Crippen LogP contribution is -2.57. The number of piperidine rings is 1. The zero-order valence-electron chi connectivity index (χ0n) is 16.3. The second kappa shape index (κ2) is 8.24. The highest BCUT2D eigenvalue weighted by molar-refractivity contribution is 5.87. The molecule has 0 aliphatic carbocycles. The largest absolute Gasteiger partial charge is 0.444 e. The van der Waals surface area contributed by atoms with Gasteiger partial charge in [-0.3, -0.25) is 15.0 Å². The van der Waals surface area contributed by atoms with Crippen molar-refractivity contribution in [2.45, 2.75) is 70.9 Å². The van der Waals surface area contributed by atoms with Crippen LogP contribution in [0.25, 0.3) is 0 Å². The van der Waals surface area contributed by atoms with Crippen LogP contribution < -0.4 is 5.43 Å². The summed E-state index contributed by atoms with van der Waals surface area (Å²) in [6.07, 6.45) is 2.01. The number of nitrogens with zero attached hydrogens (tertiary/aromatic N) is 2. The van der Waals surface area contributed by atoms with Crippen molar-refractivity contribution in [1.82, 2.24) is 15.3 Å². The third-order valence-corrected chi connectivity index (χ3v) is 4.68. The Morgan fingerprint density at radius 2 is 1.88 bits per heavy atom. The van der Waals surface area contributed by atoms with Gasteiger partial charge in [-0.05, 0) is 47.0 Å². The minimum Gasteiger partial charge on any atom is -0.444 e. The number of likely N-dealkylation sites (tertiary alicyclic amines) is 1. The maximum atomic E-state index is 12.6. The summed E-state index contributed by atoms with van der Waals surface area (Å²) < 4.78 is 10.7. The summed E-state index contributed by atoms with van der Waals surface area (Å²) in [7, 11) is 0. The van der Waals surface area contributed by atoms with Crippen molar-refractivity contribution in [2.75, 3.05) is 26.3 Å². The molecular weight excluding hydrogens is 338 g/mol. The number of ether oxygens (including phenoxy) is 2. The number of hydrazine groups is 1. The van der Waals surface area contributed by atoms with Crippen molar-refractivity contribution in [2.24, 2.45) is 0 Å². The van der Waals surface area contributed by atoms with Crippen LogP contribution in [0.5, 0.6) is 0 Å². The predicted octanol–water partition coefficient (Wildman–Crippen LogP) is 1.84. The van der Waals surface area contributed by atoms with Crippen molar-refractivity contribution < 1.29 is 23.9 Å². The van der Waals surface area contributed by atoms with Crippen LogP contribution >= 0.6 is 0 Å². The Kier molecular flexibility index (Phi) is 6.49. The molecule has 0 bridgehead atoms. The van der Waals surface area contributed by atoms with E-state index in [0.29, 0.717) is 52.0 Å². The number of hydrogen-bond donors (Lipinski definition) is 1. The molecule has 0 unspecified atom stereocenters. The number of amides is 3. The summed E-state index contributed by atoms with van der Waals surface area (Å²) in [5, 5.41) is 1.51. The molecule has 0 radical (unpaired) electrons. The first-order valence-corrected chi connectivity index (χ1v) is 9.35. The average molecular weight is 369 g/mol. The molecule has 1 spiro atoms. The van der Waals surface area contributed by atoms with Gasteiger partial charge in [-0.25, -0.2) is 9.80 Å². The minimum absolute atomic E-state index is 0.0960. The first-order valence-electron chi connectivity index (χ1n) is 9.35. The Balaban J connectivity index is 1.94. The zero-order chi connectivity index (χ0) is 19.4. The SMILES string of the molecule is CCOCCCC(=O)N1NC(=O)CC12CCN(C(=O)OC(C)(C)C)CC2. The number of carbonyl (C=O) groups excluding carboxylic acids is 3. The summed E-state index contributed by atoms with van der Waals surface area (Å²) in [6.45, 7) is 9.49. The molecule has 0 saturated carbocycles. The van der Waals surface area contributed by atoms with Crippen LogP contribution in [-0.2, 0) is 19.1 Å². The van der Waals surface area contributed by atoms with E-state index in [0.717, 1.165) is 0 Å². The minimum atomic E-state index is -0.543. The lowest BCUT2D eigenvalue weighted by molar-refractivity contribution is -0.143. The standard InChI is InChI=1S/C18H31N3O5/c1-5-25-12-6-7-15(23)21-18(13-14(22)19-21)8-10-20(11-9-18)16(24)26-17(2,3)4/h5-13H2,1-4H3,(H,19,22). The summed E-state index contributed by atoms with van der Waals surface area (Å²) in [5.41, 5.74) is 1.62. The maximum Gasteiger partial charge on any atom is 0.410 e. The Hall–Kier alpha value is -1.83. The third-order valence-electron chi connectivity index (χ3n) is 4.68. The summed E-state index contributed by atoms with van der Waals surface area (Å²) >= 11 is 0. The first kappa shape index (κ1) is 20.5. The molecule has 0 atom stereocenters. The van der Waals surface area contributed by atoms with Crippen molar-refractivity contribution in [3.8, 4) is 0 Å². The molecule has 2 aliphatic heterocycles. The molecule has 8 heteroatoms. The van der Waals surface area contributed by atoms with Crippen LogP contribution in [0.2, 0.25) is 0 Å². The monoisotopic (exact) mass is 369 g/mol. The molecule has 1 N–H and O–H groups in total. The summed E-state index contributed by atoms with van der Waals surface area (Å²) in [6, 6.07) is 0. The van der Waals surface area contributed by atoms with Crippen molar-refractivity contribution in [3.63, 3.8) is 0 Å². The van der Waals surface area contributed by atoms with E-state index in [4.69, 9.17) is 9.47 Å². The number of carbonyl (C=O) groups is 3. The highest BCUT2D eigenvalue weighted by atomic mass is 16.6. The molecule has 8 nitrogen and oxygen atoms in total. The van der Waals surface area contributed by atoms with E-state index in [1.165, 1.54) is 5.01 Å². The van der Waals surface area contributed by atoms with Crippen molar-refractivity contribution in [3.05, 3.63) is 0 Å². The summed E-state index contributed by atoms with van der Waals surface area (Å²) in [4.78, 5) is 38.4. The molecular formula is C18H31N3O5. The van der Waals surface area contributed by atoms with E-state index < -0.39 is 11.1 Å². The third kappa shape index (κ3) is 5.09. The molecule has 2 heterocycles. The molecule has 2 aliphatic rings. The van der Waals surface area contributed by atoms with E-state index >= 15 is 0 Å². The van der Waals surface area contributed by atoms with Gasteiger partial charge in [0.15, 0.2) is 0 Å². The lowest BCUT2D eigenvalue weighted by atomic mass is 9.84. The fourth-order valence-corrected chi connectivity index (χ4v) is 3.40. The van der Waals surface area contributed by atoms with Gasteiger partial charge in [0.25, 0.3) is 0 Å². The molecule has 3 amide bonds. The van der Waals surface area contributed by atoms with E-state index in [9.17, 15) is 14.4 Å². The van der Waals surface area contributed by atoms with Gasteiger partial charge in [-0.2, -0.15) is 0 Å². The number of rotatable bonds is 5. The van der Waals surface area contributed by atoms with Crippen LogP contribution in [0.3, 0.4) is 0 Å². The molecule has 148 valence electrons. The van der Waals surface area contributed by atoms with E-state index in [-0.39, 0.29) is 24.3 Å². The second-order valence-electron chi connectivity index (χ2n) is 7.93. The Morgan fingerprint density at radius 3 is 2.46 bits per heavy atom. The molecule has 26 heavy (non-hydrogen) atoms. The highest BCUT2D eigenvalue weighted by Gasteiger charge is 2.50. The maximum absolute atomic E-state index is 12.6. The molecule has 2 saturated heterocycles. The molecule has 0 aromatic heterocycles. The van der Waals surface area contributed by atoms with Crippen LogP contribution in [0.15, 0.2) is 0 Å². The second-order valence-corrected chi connectivity index (χ2v) is 7.93. The highest BCUT2D eigenvalue weighted by Crippen LogP contribution is 2.35. The number of nitrogens with one attached hydrogen (secondary N) is 1. The summed E-state index contributed by atoms with van der Waals surface area (Å²) in [5.74, 6) is -0.241. The first-order chi connectivity index (χ1) is 12.2. The Bertz CT molecular complexity index is 535. The van der Waals surface area contributed by atoms with Gasteiger partial charge in [0.1, 0.15) is 5.60 Å². The van der Waals surface area contributed by atoms with Gasteiger partial charge < -0.3 is 14.4 Å². The molecule has 2 rings (SSSR count). The quantitative estimate of drug-likeness (QED) is 0.747. The Morgan fingerprint density at radius 1 is 1.23 bits per heavy atom. The molecule has 0 aromatic rings. The fourth-order valence-electron chi connectivity index (χ4n) is 3.40. The number of hydrogen-bond acceptors (Lipinski definition) is 5. The van der Waals surface area contributed by atoms with Crippen molar-refractivity contribution in [1.29, 1.82) is 0 Å². The van der Waals surface area contributed by atoms with Gasteiger partial charge in [0.2, 0.25) is 11.8 Å². The van der Waals surface area contributed by atoms with Crippen molar-refractivity contribution >= 4 is 17.9 Å². The normalized spacial score (nSPS) is 19.6. The zero-order valence-corrected chi connectivity index (χ0v) is 16.3. The van der Waals surface area contributed by atoms with Crippen LogP contribution in [0.1, 0.15) is 59.8 Å². The topological polar surface area (TPSA) is 88.2 Å². The lowest BCUT2D eigenvalue weighted by Gasteiger charge is -2.43. The van der Waals surface area contributed by atoms with Gasteiger partial charge >= 0.3 is 6.09 Å². The van der Waals surface area contributed by atoms with E-state index in [1.807, 2.05) is 27.7 Å². The Labute approximate surface area is 155 Å². The van der Waals surface area contributed by atoms with Crippen LogP contribution in [-0.4, -0.2) is 65.3 Å². The smallest absolute Gasteiger partial charge is 0.410 e. The van der Waals surface area contributed by atoms with E-state index in [2.05, 4.69) is 5.43 Å². The predicted molar refractivity (Wildman–Crippen MR) is 95.1 cm³/mol. The van der Waals surface area contributed by atoms with E-state index in [1.54, 1.807) is 4.90 Å². The molecule has 2 fully saturated rings. The molecule has 0 aromatic carbocycles. The van der Waals surface area contributed by atoms with Crippen LogP contribution in [0.4, 0.5) is 4.79 Å². The van der Waals surface area contributed by atoms with Crippen LogP contribution in [0, 0.1) is 0 Å².